The van der Waals surface area contributed by atoms with E-state index in [1.807, 2.05) is 6.07 Å². The van der Waals surface area contributed by atoms with E-state index < -0.39 is 32.7 Å². The fourth-order valence-electron chi connectivity index (χ4n) is 6.53. The van der Waals surface area contributed by atoms with E-state index in [9.17, 15) is 18.0 Å². The van der Waals surface area contributed by atoms with E-state index in [1.54, 1.807) is 12.1 Å². The molecule has 0 aliphatic heterocycles. The number of nitrogens with one attached hydrogen (secondary N) is 1. The molecule has 0 spiro atoms. The minimum Gasteiger partial charge on any atom is -0.464 e. The topological polar surface area (TPSA) is 108 Å². The van der Waals surface area contributed by atoms with Crippen LogP contribution in [0.1, 0.15) is 69.0 Å². The lowest BCUT2D eigenvalue weighted by atomic mass is 9.55. The van der Waals surface area contributed by atoms with Crippen LogP contribution in [0.25, 0.3) is 0 Å². The highest BCUT2D eigenvalue weighted by Gasteiger charge is 2.57. The SMILES string of the molecule is CC(=O)Oc1ccc2c(c1)[C@H](NS(=O)(=O)OCC(Cl)(Cl)Cl)C[C@@H]1[C@@H]2CC[C@]2(C)[C@@H](OC=O)CC[C@@H]12. The standard InChI is InChI=1S/C23H28Cl3NO7S/c1-13(29)34-14-3-4-15-16-7-8-22(2)19(5-6-21(22)32-12-28)17(16)10-20(18(15)9-14)27-35(30,31)33-11-23(24,25)26/h3-4,9,12,16-17,19-21,27H,5-8,10-11H2,1-2H3/t16-,17-,19+,20-,21+,22+/m1/s1. The summed E-state index contributed by atoms with van der Waals surface area (Å²) in [4.78, 5) is 22.6. The van der Waals surface area contributed by atoms with Gasteiger partial charge in [0.2, 0.25) is 3.79 Å². The largest absolute Gasteiger partial charge is 0.464 e. The molecule has 0 bridgehead atoms. The number of esters is 1. The van der Waals surface area contributed by atoms with Gasteiger partial charge in [-0.3, -0.25) is 13.8 Å². The molecular weight excluding hydrogens is 541 g/mol. The lowest BCUT2D eigenvalue weighted by Crippen LogP contribution is -2.47. The van der Waals surface area contributed by atoms with Gasteiger partial charge in [-0.25, -0.2) is 0 Å². The molecular formula is C23H28Cl3NO7S. The van der Waals surface area contributed by atoms with Crippen molar-refractivity contribution in [2.24, 2.45) is 17.3 Å². The van der Waals surface area contributed by atoms with Gasteiger partial charge in [-0.15, -0.1) is 0 Å². The molecule has 4 rings (SSSR count). The number of carbonyl (C=O) groups excluding carboxylic acids is 2. The van der Waals surface area contributed by atoms with E-state index in [0.29, 0.717) is 18.6 Å². The predicted octanol–water partition coefficient (Wildman–Crippen LogP) is 4.73. The molecule has 0 amide bonds. The Morgan fingerprint density at radius 2 is 1.97 bits per heavy atom. The molecule has 0 radical (unpaired) electrons. The van der Waals surface area contributed by atoms with Crippen molar-refractivity contribution >= 4 is 57.5 Å². The summed E-state index contributed by atoms with van der Waals surface area (Å²) in [5, 5.41) is 0. The van der Waals surface area contributed by atoms with Gasteiger partial charge in [0.25, 0.3) is 6.47 Å². The molecule has 1 aromatic rings. The van der Waals surface area contributed by atoms with Crippen molar-refractivity contribution in [1.29, 1.82) is 0 Å². The second-order valence-corrected chi connectivity index (χ2v) is 13.7. The van der Waals surface area contributed by atoms with Crippen molar-refractivity contribution in [1.82, 2.24) is 4.72 Å². The molecule has 0 saturated heterocycles. The van der Waals surface area contributed by atoms with E-state index in [0.717, 1.165) is 36.8 Å². The van der Waals surface area contributed by atoms with Crippen LogP contribution in [0, 0.1) is 17.3 Å². The number of hydrogen-bond acceptors (Lipinski definition) is 7. The van der Waals surface area contributed by atoms with E-state index in [4.69, 9.17) is 48.5 Å². The summed E-state index contributed by atoms with van der Waals surface area (Å²) in [7, 11) is -4.27. The maximum atomic E-state index is 12.8. The minimum absolute atomic E-state index is 0.151. The average Bonchev–Trinajstić information content (AvgIpc) is 3.08. The predicted molar refractivity (Wildman–Crippen MR) is 131 cm³/mol. The lowest BCUT2D eigenvalue weighted by Gasteiger charge is -2.51. The molecule has 0 heterocycles. The Hall–Kier alpha value is -1.10. The fraction of sp³-hybridized carbons (Fsp3) is 0.652. The maximum absolute atomic E-state index is 12.8. The van der Waals surface area contributed by atoms with Crippen molar-refractivity contribution in [3.63, 3.8) is 0 Å². The Morgan fingerprint density at radius 1 is 1.23 bits per heavy atom. The lowest BCUT2D eigenvalue weighted by molar-refractivity contribution is -0.142. The van der Waals surface area contributed by atoms with Gasteiger partial charge < -0.3 is 9.47 Å². The van der Waals surface area contributed by atoms with Crippen molar-refractivity contribution < 1.29 is 31.7 Å². The first-order chi connectivity index (χ1) is 16.3. The van der Waals surface area contributed by atoms with Crippen LogP contribution in [0.15, 0.2) is 18.2 Å². The van der Waals surface area contributed by atoms with Crippen molar-refractivity contribution in [2.75, 3.05) is 6.61 Å². The summed E-state index contributed by atoms with van der Waals surface area (Å²) in [6, 6.07) is 4.70. The number of hydrogen-bond donors (Lipinski definition) is 1. The van der Waals surface area contributed by atoms with E-state index in [-0.39, 0.29) is 29.3 Å². The summed E-state index contributed by atoms with van der Waals surface area (Å²) in [6.07, 6.45) is 3.79. The molecule has 1 N–H and O–H groups in total. The van der Waals surface area contributed by atoms with Gasteiger partial charge in [0, 0.05) is 18.4 Å². The van der Waals surface area contributed by atoms with Crippen molar-refractivity contribution in [3.8, 4) is 5.75 Å². The van der Waals surface area contributed by atoms with Gasteiger partial charge in [-0.05, 0) is 73.1 Å². The van der Waals surface area contributed by atoms with Gasteiger partial charge in [0.05, 0.1) is 0 Å². The second-order valence-electron chi connectivity index (χ2n) is 9.84. The molecule has 0 unspecified atom stereocenters. The molecule has 12 heteroatoms. The molecule has 0 aromatic heterocycles. The molecule has 2 fully saturated rings. The monoisotopic (exact) mass is 567 g/mol. The summed E-state index contributed by atoms with van der Waals surface area (Å²) < 4.78 is 41.9. The second kappa shape index (κ2) is 9.99. The molecule has 6 atom stereocenters. The third-order valence-corrected chi connectivity index (χ3v) is 9.17. The van der Waals surface area contributed by atoms with Crippen LogP contribution in [0.5, 0.6) is 5.75 Å². The molecule has 35 heavy (non-hydrogen) atoms. The third-order valence-electron chi connectivity index (χ3n) is 7.84. The molecule has 3 aliphatic rings. The first-order valence-corrected chi connectivity index (χ1v) is 14.0. The zero-order chi connectivity index (χ0) is 25.6. The maximum Gasteiger partial charge on any atom is 0.336 e. The Bertz CT molecular complexity index is 1090. The Labute approximate surface area is 220 Å². The van der Waals surface area contributed by atoms with Crippen molar-refractivity contribution in [2.45, 2.75) is 67.8 Å². The van der Waals surface area contributed by atoms with Gasteiger partial charge in [-0.1, -0.05) is 47.8 Å². The smallest absolute Gasteiger partial charge is 0.336 e. The van der Waals surface area contributed by atoms with Crippen LogP contribution in [-0.2, 0) is 28.8 Å². The molecule has 194 valence electrons. The zero-order valence-electron chi connectivity index (χ0n) is 19.3. The number of fused-ring (bicyclic) bond motifs is 5. The number of alkyl halides is 3. The molecule has 1 aromatic carbocycles. The summed E-state index contributed by atoms with van der Waals surface area (Å²) in [6.45, 7) is 3.35. The van der Waals surface area contributed by atoms with Crippen LogP contribution < -0.4 is 9.46 Å². The van der Waals surface area contributed by atoms with Crippen LogP contribution >= 0.6 is 34.8 Å². The highest BCUT2D eigenvalue weighted by molar-refractivity contribution is 7.84. The van der Waals surface area contributed by atoms with E-state index in [2.05, 4.69) is 11.6 Å². The van der Waals surface area contributed by atoms with Gasteiger partial charge in [0.15, 0.2) is 0 Å². The van der Waals surface area contributed by atoms with E-state index in [1.165, 1.54) is 6.92 Å². The number of ether oxygens (including phenoxy) is 2. The quantitative estimate of drug-likeness (QED) is 0.219. The third kappa shape index (κ3) is 5.75. The fourth-order valence-corrected chi connectivity index (χ4v) is 7.86. The van der Waals surface area contributed by atoms with Crippen LogP contribution in [0.2, 0.25) is 0 Å². The number of rotatable bonds is 7. The summed E-state index contributed by atoms with van der Waals surface area (Å²) >= 11 is 17.0. The first kappa shape index (κ1) is 26.9. The Kier molecular flexibility index (Phi) is 7.69. The Morgan fingerprint density at radius 3 is 2.63 bits per heavy atom. The van der Waals surface area contributed by atoms with Gasteiger partial charge in [0.1, 0.15) is 18.5 Å². The average molecular weight is 569 g/mol. The summed E-state index contributed by atoms with van der Waals surface area (Å²) in [5.74, 6) is 0.472. The summed E-state index contributed by atoms with van der Waals surface area (Å²) in [5.41, 5.74) is 1.56. The Balaban J connectivity index is 1.68. The molecule has 2 saturated carbocycles. The first-order valence-electron chi connectivity index (χ1n) is 11.5. The molecule has 8 nitrogen and oxygen atoms in total. The number of halogens is 3. The van der Waals surface area contributed by atoms with Gasteiger partial charge in [-0.2, -0.15) is 13.1 Å². The highest BCUT2D eigenvalue weighted by Crippen LogP contribution is 2.62. The van der Waals surface area contributed by atoms with Crippen LogP contribution in [-0.4, -0.2) is 37.4 Å². The highest BCUT2D eigenvalue weighted by atomic mass is 35.6. The minimum atomic E-state index is -4.27. The molecule has 3 aliphatic carbocycles. The van der Waals surface area contributed by atoms with Gasteiger partial charge >= 0.3 is 16.3 Å². The normalized spacial score (nSPS) is 32.2. The van der Waals surface area contributed by atoms with E-state index >= 15 is 0 Å². The van der Waals surface area contributed by atoms with Crippen LogP contribution in [0.3, 0.4) is 0 Å². The van der Waals surface area contributed by atoms with Crippen molar-refractivity contribution in [3.05, 3.63) is 29.3 Å². The van der Waals surface area contributed by atoms with Crippen LogP contribution in [0.4, 0.5) is 0 Å². The number of benzene rings is 1. The number of carbonyl (C=O) groups is 2. The zero-order valence-corrected chi connectivity index (χ0v) is 22.4.